The molecule has 0 aromatic heterocycles. The van der Waals surface area contributed by atoms with Gasteiger partial charge in [0.1, 0.15) is 0 Å². The molecule has 0 saturated heterocycles. The molecule has 0 amide bonds. The number of esters is 1. The number of benzene rings is 1. The molecule has 1 aromatic carbocycles. The summed E-state index contributed by atoms with van der Waals surface area (Å²) < 4.78 is 5.62. The lowest BCUT2D eigenvalue weighted by Crippen LogP contribution is -2.25. The van der Waals surface area contributed by atoms with Crippen molar-refractivity contribution in [2.24, 2.45) is 0 Å². The predicted octanol–water partition coefficient (Wildman–Crippen LogP) is 2.06. The Morgan fingerprint density at radius 2 is 2.25 bits per heavy atom. The van der Waals surface area contributed by atoms with Crippen LogP contribution in [0.2, 0.25) is 0 Å². The molecule has 0 spiro atoms. The number of hydrogen-bond donors (Lipinski definition) is 1. The second kappa shape index (κ2) is 6.66. The Balaban J connectivity index is 2.37. The van der Waals surface area contributed by atoms with Crippen LogP contribution in [0.25, 0.3) is 0 Å². The number of halogens is 1. The van der Waals surface area contributed by atoms with E-state index < -0.39 is 0 Å². The number of carbonyl (C=O) groups is 1. The Labute approximate surface area is 104 Å². The van der Waals surface area contributed by atoms with Crippen molar-refractivity contribution in [3.63, 3.8) is 0 Å². The average Bonchev–Trinajstić information content (AvgIpc) is 2.28. The Kier molecular flexibility index (Phi) is 5.49. The van der Waals surface area contributed by atoms with E-state index in [0.29, 0.717) is 0 Å². The second-order valence-electron chi connectivity index (χ2n) is 3.57. The van der Waals surface area contributed by atoms with Crippen LogP contribution >= 0.6 is 15.9 Å². The van der Waals surface area contributed by atoms with Crippen molar-refractivity contribution < 1.29 is 9.53 Å². The molecule has 0 unspecified atom stereocenters. The van der Waals surface area contributed by atoms with Crippen LogP contribution in [-0.2, 0) is 16.0 Å². The zero-order valence-corrected chi connectivity index (χ0v) is 11.1. The first-order valence-corrected chi connectivity index (χ1v) is 5.95. The van der Waals surface area contributed by atoms with E-state index in [-0.39, 0.29) is 12.5 Å². The number of aryl methyl sites for hydroxylation is 1. The summed E-state index contributed by atoms with van der Waals surface area (Å²) in [6.07, 6.45) is 0.905. The van der Waals surface area contributed by atoms with Gasteiger partial charge in [0.15, 0.2) is 0 Å². The number of ether oxygens (including phenoxy) is 1. The van der Waals surface area contributed by atoms with E-state index in [2.05, 4.69) is 45.0 Å². The van der Waals surface area contributed by atoms with E-state index in [4.69, 9.17) is 0 Å². The molecule has 1 rings (SSSR count). The standard InChI is InChI=1S/C12H16BrNO2/c1-9-3-4-11(13)7-10(9)5-6-14-8-12(15)16-2/h3-4,7,14H,5-6,8H2,1-2H3. The van der Waals surface area contributed by atoms with Crippen LogP contribution in [0, 0.1) is 6.92 Å². The largest absolute Gasteiger partial charge is 0.468 e. The Hall–Kier alpha value is -0.870. The highest BCUT2D eigenvalue weighted by atomic mass is 79.9. The number of methoxy groups -OCH3 is 1. The molecule has 88 valence electrons. The van der Waals surface area contributed by atoms with Gasteiger partial charge in [-0.1, -0.05) is 22.0 Å². The molecular formula is C12H16BrNO2. The van der Waals surface area contributed by atoms with Gasteiger partial charge >= 0.3 is 5.97 Å². The second-order valence-corrected chi connectivity index (χ2v) is 4.49. The van der Waals surface area contributed by atoms with Crippen molar-refractivity contribution in [3.8, 4) is 0 Å². The van der Waals surface area contributed by atoms with Crippen molar-refractivity contribution in [2.45, 2.75) is 13.3 Å². The molecule has 0 heterocycles. The molecule has 4 heteroatoms. The first-order valence-electron chi connectivity index (χ1n) is 5.16. The van der Waals surface area contributed by atoms with Crippen LogP contribution in [0.15, 0.2) is 22.7 Å². The van der Waals surface area contributed by atoms with Crippen molar-refractivity contribution in [1.29, 1.82) is 0 Å². The molecule has 1 aromatic rings. The molecule has 0 atom stereocenters. The molecule has 0 fully saturated rings. The highest BCUT2D eigenvalue weighted by Gasteiger charge is 2.01. The lowest BCUT2D eigenvalue weighted by molar-refractivity contribution is -0.139. The number of hydrogen-bond acceptors (Lipinski definition) is 3. The minimum absolute atomic E-state index is 0.231. The third kappa shape index (κ3) is 4.33. The topological polar surface area (TPSA) is 38.3 Å². The van der Waals surface area contributed by atoms with Gasteiger partial charge in [-0.25, -0.2) is 0 Å². The molecule has 0 aliphatic heterocycles. The fraction of sp³-hybridized carbons (Fsp3) is 0.417. The molecule has 1 N–H and O–H groups in total. The number of nitrogens with one attached hydrogen (secondary N) is 1. The van der Waals surface area contributed by atoms with Crippen LogP contribution in [0.4, 0.5) is 0 Å². The minimum Gasteiger partial charge on any atom is -0.468 e. The molecular weight excluding hydrogens is 270 g/mol. The maximum atomic E-state index is 10.9. The lowest BCUT2D eigenvalue weighted by Gasteiger charge is -2.07. The maximum Gasteiger partial charge on any atom is 0.319 e. The first kappa shape index (κ1) is 13.2. The van der Waals surface area contributed by atoms with Gasteiger partial charge in [-0.05, 0) is 43.1 Å². The molecule has 0 aliphatic rings. The smallest absolute Gasteiger partial charge is 0.319 e. The van der Waals surface area contributed by atoms with Gasteiger partial charge in [0.2, 0.25) is 0 Å². The Morgan fingerprint density at radius 3 is 2.94 bits per heavy atom. The van der Waals surface area contributed by atoms with Gasteiger partial charge in [-0.3, -0.25) is 4.79 Å². The zero-order valence-electron chi connectivity index (χ0n) is 9.55. The van der Waals surface area contributed by atoms with Gasteiger partial charge in [0, 0.05) is 4.47 Å². The summed E-state index contributed by atoms with van der Waals surface area (Å²) >= 11 is 3.45. The highest BCUT2D eigenvalue weighted by molar-refractivity contribution is 9.10. The van der Waals surface area contributed by atoms with E-state index in [1.54, 1.807) is 0 Å². The van der Waals surface area contributed by atoms with Gasteiger partial charge in [-0.15, -0.1) is 0 Å². The third-order valence-electron chi connectivity index (χ3n) is 2.38. The Morgan fingerprint density at radius 1 is 1.50 bits per heavy atom. The molecule has 0 bridgehead atoms. The van der Waals surface area contributed by atoms with Crippen molar-refractivity contribution in [1.82, 2.24) is 5.32 Å². The van der Waals surface area contributed by atoms with Crippen LogP contribution in [0.5, 0.6) is 0 Å². The van der Waals surface area contributed by atoms with Crippen molar-refractivity contribution >= 4 is 21.9 Å². The first-order chi connectivity index (χ1) is 7.63. The van der Waals surface area contributed by atoms with Crippen LogP contribution in [0.1, 0.15) is 11.1 Å². The fourth-order valence-corrected chi connectivity index (χ4v) is 1.80. The fourth-order valence-electron chi connectivity index (χ4n) is 1.40. The van der Waals surface area contributed by atoms with Crippen molar-refractivity contribution in [2.75, 3.05) is 20.2 Å². The van der Waals surface area contributed by atoms with Gasteiger partial charge in [0.25, 0.3) is 0 Å². The summed E-state index contributed by atoms with van der Waals surface area (Å²) in [6, 6.07) is 6.22. The quantitative estimate of drug-likeness (QED) is 0.665. The van der Waals surface area contributed by atoms with Gasteiger partial charge in [0.05, 0.1) is 13.7 Å². The molecule has 3 nitrogen and oxygen atoms in total. The normalized spacial score (nSPS) is 10.2. The van der Waals surface area contributed by atoms with Crippen molar-refractivity contribution in [3.05, 3.63) is 33.8 Å². The monoisotopic (exact) mass is 285 g/mol. The lowest BCUT2D eigenvalue weighted by atomic mass is 10.1. The summed E-state index contributed by atoms with van der Waals surface area (Å²) in [5.41, 5.74) is 2.55. The van der Waals surface area contributed by atoms with Gasteiger partial charge in [-0.2, -0.15) is 0 Å². The van der Waals surface area contributed by atoms with E-state index in [9.17, 15) is 4.79 Å². The zero-order chi connectivity index (χ0) is 12.0. The molecule has 0 radical (unpaired) electrons. The predicted molar refractivity (Wildman–Crippen MR) is 67.5 cm³/mol. The van der Waals surface area contributed by atoms with Gasteiger partial charge < -0.3 is 10.1 Å². The van der Waals surface area contributed by atoms with E-state index in [0.717, 1.165) is 17.4 Å². The minimum atomic E-state index is -0.231. The molecule has 0 aliphatic carbocycles. The number of rotatable bonds is 5. The Bertz CT molecular complexity index is 366. The third-order valence-corrected chi connectivity index (χ3v) is 2.87. The summed E-state index contributed by atoms with van der Waals surface area (Å²) in [4.78, 5) is 10.9. The van der Waals surface area contributed by atoms with Crippen LogP contribution < -0.4 is 5.32 Å². The highest BCUT2D eigenvalue weighted by Crippen LogP contribution is 2.16. The number of carbonyl (C=O) groups excluding carboxylic acids is 1. The summed E-state index contributed by atoms with van der Waals surface area (Å²) in [5, 5.41) is 3.04. The maximum absolute atomic E-state index is 10.9. The van der Waals surface area contributed by atoms with Crippen LogP contribution in [-0.4, -0.2) is 26.2 Å². The van der Waals surface area contributed by atoms with E-state index in [1.165, 1.54) is 18.2 Å². The summed E-state index contributed by atoms with van der Waals surface area (Å²) in [7, 11) is 1.39. The SMILES string of the molecule is COC(=O)CNCCc1cc(Br)ccc1C. The van der Waals surface area contributed by atoms with E-state index in [1.807, 2.05) is 6.07 Å². The average molecular weight is 286 g/mol. The summed E-state index contributed by atoms with van der Waals surface area (Å²) in [5.74, 6) is -0.231. The van der Waals surface area contributed by atoms with Crippen LogP contribution in [0.3, 0.4) is 0 Å². The summed E-state index contributed by atoms with van der Waals surface area (Å²) in [6.45, 7) is 3.12. The van der Waals surface area contributed by atoms with E-state index >= 15 is 0 Å². The molecule has 16 heavy (non-hydrogen) atoms. The molecule has 0 saturated carbocycles.